The molecule has 0 aliphatic carbocycles. The first-order valence-electron chi connectivity index (χ1n) is 12.6. The van der Waals surface area contributed by atoms with Gasteiger partial charge in [0.1, 0.15) is 11.3 Å². The van der Waals surface area contributed by atoms with Crippen molar-refractivity contribution in [2.45, 2.75) is 6.92 Å². The molecule has 1 N–H and O–H groups in total. The molecule has 0 atom stereocenters. The Balaban J connectivity index is 1.27. The Morgan fingerprint density at radius 2 is 1.56 bits per heavy atom. The van der Waals surface area contributed by atoms with Gasteiger partial charge in [-0.1, -0.05) is 0 Å². The van der Waals surface area contributed by atoms with Crippen LogP contribution in [-0.4, -0.2) is 77.5 Å². The minimum atomic E-state index is 0.102. The van der Waals surface area contributed by atoms with Crippen molar-refractivity contribution in [2.75, 3.05) is 67.1 Å². The van der Waals surface area contributed by atoms with Crippen LogP contribution in [0.1, 0.15) is 17.3 Å². The second-order valence-electron chi connectivity index (χ2n) is 9.61. The molecular weight excluding hydrogens is 452 g/mol. The van der Waals surface area contributed by atoms with Crippen LogP contribution < -0.4 is 20.0 Å². The summed E-state index contributed by atoms with van der Waals surface area (Å²) < 4.78 is 4.04. The Morgan fingerprint density at radius 3 is 2.22 bits per heavy atom. The number of rotatable bonds is 5. The first kappa shape index (κ1) is 22.6. The molecule has 36 heavy (non-hydrogen) atoms. The average Bonchev–Trinajstić information content (AvgIpc) is 3.52. The molecule has 5 heterocycles. The molecule has 9 nitrogen and oxygen atoms in total. The summed E-state index contributed by atoms with van der Waals surface area (Å²) in [5.74, 6) is 1.12. The van der Waals surface area contributed by atoms with Gasteiger partial charge in [0, 0.05) is 83.1 Å². The molecule has 6 rings (SSSR count). The lowest BCUT2D eigenvalue weighted by Crippen LogP contribution is -2.46. The molecule has 2 aliphatic rings. The van der Waals surface area contributed by atoms with E-state index in [-0.39, 0.29) is 5.78 Å². The third kappa shape index (κ3) is 4.19. The summed E-state index contributed by atoms with van der Waals surface area (Å²) in [7, 11) is 1.94. The quantitative estimate of drug-likeness (QED) is 0.437. The average molecular weight is 485 g/mol. The van der Waals surface area contributed by atoms with Gasteiger partial charge in [0.15, 0.2) is 5.78 Å². The van der Waals surface area contributed by atoms with Gasteiger partial charge < -0.3 is 24.6 Å². The number of hydrogen-bond acceptors (Lipinski definition) is 7. The van der Waals surface area contributed by atoms with Crippen LogP contribution in [0.5, 0.6) is 0 Å². The lowest BCUT2D eigenvalue weighted by molar-refractivity contribution is 0.101. The monoisotopic (exact) mass is 484 g/mol. The molecule has 4 aromatic rings. The first-order chi connectivity index (χ1) is 17.6. The number of carbonyl (C=O) groups is 1. The fraction of sp³-hybridized carbons (Fsp3) is 0.370. The molecule has 0 radical (unpaired) electrons. The van der Waals surface area contributed by atoms with Gasteiger partial charge in [0.25, 0.3) is 0 Å². The van der Waals surface area contributed by atoms with Crippen LogP contribution in [0.25, 0.3) is 16.7 Å². The van der Waals surface area contributed by atoms with Crippen LogP contribution in [-0.2, 0) is 7.05 Å². The highest BCUT2D eigenvalue weighted by atomic mass is 16.1. The summed E-state index contributed by atoms with van der Waals surface area (Å²) in [4.78, 5) is 24.0. The molecule has 1 aromatic carbocycles. The molecule has 2 aliphatic heterocycles. The number of piperazine rings is 2. The molecule has 0 amide bonds. The van der Waals surface area contributed by atoms with Crippen molar-refractivity contribution >= 4 is 34.0 Å². The largest absolute Gasteiger partial charge is 0.368 e. The normalized spacial score (nSPS) is 16.7. The van der Waals surface area contributed by atoms with Gasteiger partial charge in [-0.15, -0.1) is 0 Å². The van der Waals surface area contributed by atoms with Gasteiger partial charge in [-0.25, -0.2) is 4.98 Å². The number of benzene rings is 1. The van der Waals surface area contributed by atoms with Crippen LogP contribution in [0.2, 0.25) is 0 Å². The van der Waals surface area contributed by atoms with Crippen molar-refractivity contribution in [1.82, 2.24) is 24.6 Å². The highest BCUT2D eigenvalue weighted by molar-refractivity contribution is 5.94. The Kier molecular flexibility index (Phi) is 5.85. The van der Waals surface area contributed by atoms with E-state index in [0.29, 0.717) is 0 Å². The van der Waals surface area contributed by atoms with E-state index >= 15 is 0 Å². The Hall–Kier alpha value is -3.85. The Labute approximate surface area is 210 Å². The van der Waals surface area contributed by atoms with Crippen LogP contribution >= 0.6 is 0 Å². The topological polar surface area (TPSA) is 74.5 Å². The van der Waals surface area contributed by atoms with E-state index in [4.69, 9.17) is 4.98 Å². The van der Waals surface area contributed by atoms with E-state index in [2.05, 4.69) is 60.1 Å². The summed E-state index contributed by atoms with van der Waals surface area (Å²) in [5.41, 5.74) is 6.29. The zero-order valence-electron chi connectivity index (χ0n) is 20.9. The SMILES string of the molecule is CC(=O)c1ccc(N2CCN(c3ccc4c(n3)c(N3CCNCC3)cn4-c3cnn(C)c3)CC2)cc1. The van der Waals surface area contributed by atoms with Crippen LogP contribution in [0, 0.1) is 0 Å². The van der Waals surface area contributed by atoms with Gasteiger partial charge in [0.2, 0.25) is 0 Å². The number of fused-ring (bicyclic) bond motifs is 1. The van der Waals surface area contributed by atoms with Crippen LogP contribution in [0.15, 0.2) is 55.0 Å². The fourth-order valence-electron chi connectivity index (χ4n) is 5.24. The third-order valence-corrected chi connectivity index (χ3v) is 7.28. The molecule has 0 unspecified atom stereocenters. The molecule has 0 bridgehead atoms. The predicted octanol–water partition coefficient (Wildman–Crippen LogP) is 2.70. The van der Waals surface area contributed by atoms with Crippen molar-refractivity contribution in [2.24, 2.45) is 7.05 Å². The van der Waals surface area contributed by atoms with Crippen molar-refractivity contribution in [3.63, 3.8) is 0 Å². The number of aromatic nitrogens is 4. The molecular formula is C27H32N8O. The highest BCUT2D eigenvalue weighted by Crippen LogP contribution is 2.32. The number of carbonyl (C=O) groups excluding carboxylic acids is 1. The third-order valence-electron chi connectivity index (χ3n) is 7.28. The highest BCUT2D eigenvalue weighted by Gasteiger charge is 2.23. The summed E-state index contributed by atoms with van der Waals surface area (Å²) >= 11 is 0. The molecule has 2 fully saturated rings. The van der Waals surface area contributed by atoms with Crippen molar-refractivity contribution in [3.05, 3.63) is 60.6 Å². The second kappa shape index (κ2) is 9.31. The summed E-state index contributed by atoms with van der Waals surface area (Å²) in [6, 6.07) is 12.3. The summed E-state index contributed by atoms with van der Waals surface area (Å²) in [6.07, 6.45) is 6.15. The van der Waals surface area contributed by atoms with Crippen molar-refractivity contribution in [3.8, 4) is 5.69 Å². The minimum absolute atomic E-state index is 0.102. The van der Waals surface area contributed by atoms with E-state index in [1.165, 1.54) is 5.69 Å². The molecule has 0 spiro atoms. The molecule has 186 valence electrons. The number of pyridine rings is 1. The zero-order valence-corrected chi connectivity index (χ0v) is 20.9. The van der Waals surface area contributed by atoms with E-state index < -0.39 is 0 Å². The zero-order chi connectivity index (χ0) is 24.6. The maximum Gasteiger partial charge on any atom is 0.159 e. The standard InChI is InChI=1S/C27H32N8O/c1-20(36)21-3-5-22(6-4-21)32-13-15-34(16-14-32)26-8-7-24-27(30-26)25(33-11-9-28-10-12-33)19-35(24)23-17-29-31(2)18-23/h3-8,17-19,28H,9-16H2,1-2H3. The number of anilines is 3. The van der Waals surface area contributed by atoms with E-state index in [0.717, 1.165) is 86.1 Å². The predicted molar refractivity (Wildman–Crippen MR) is 144 cm³/mol. The fourth-order valence-corrected chi connectivity index (χ4v) is 5.24. The summed E-state index contributed by atoms with van der Waals surface area (Å²) in [5, 5.41) is 7.83. The van der Waals surface area contributed by atoms with Gasteiger partial charge in [-0.05, 0) is 43.3 Å². The van der Waals surface area contributed by atoms with Crippen molar-refractivity contribution < 1.29 is 4.79 Å². The number of ketones is 1. The van der Waals surface area contributed by atoms with Crippen LogP contribution in [0.3, 0.4) is 0 Å². The van der Waals surface area contributed by atoms with Gasteiger partial charge in [-0.2, -0.15) is 5.10 Å². The number of Topliss-reactive ketones (excluding diaryl/α,β-unsaturated/α-hetero) is 1. The lowest BCUT2D eigenvalue weighted by Gasteiger charge is -2.37. The minimum Gasteiger partial charge on any atom is -0.368 e. The molecule has 2 saturated heterocycles. The van der Waals surface area contributed by atoms with Gasteiger partial charge in [-0.3, -0.25) is 9.48 Å². The second-order valence-corrected chi connectivity index (χ2v) is 9.61. The molecule has 3 aromatic heterocycles. The van der Waals surface area contributed by atoms with Gasteiger partial charge >= 0.3 is 0 Å². The lowest BCUT2D eigenvalue weighted by atomic mass is 10.1. The van der Waals surface area contributed by atoms with E-state index in [9.17, 15) is 4.79 Å². The smallest absolute Gasteiger partial charge is 0.159 e. The molecule has 0 saturated carbocycles. The maximum atomic E-state index is 11.6. The molecule has 9 heteroatoms. The van der Waals surface area contributed by atoms with Crippen LogP contribution in [0.4, 0.5) is 17.2 Å². The van der Waals surface area contributed by atoms with E-state index in [1.54, 1.807) is 6.92 Å². The van der Waals surface area contributed by atoms with Gasteiger partial charge in [0.05, 0.1) is 23.1 Å². The number of aryl methyl sites for hydroxylation is 1. The number of nitrogens with one attached hydrogen (secondary N) is 1. The Morgan fingerprint density at radius 1 is 0.833 bits per heavy atom. The Bertz CT molecular complexity index is 1370. The first-order valence-corrected chi connectivity index (χ1v) is 12.6. The number of nitrogens with zero attached hydrogens (tertiary/aromatic N) is 7. The number of hydrogen-bond donors (Lipinski definition) is 1. The maximum absolute atomic E-state index is 11.6. The van der Waals surface area contributed by atoms with Crippen molar-refractivity contribution in [1.29, 1.82) is 0 Å². The summed E-state index contributed by atoms with van der Waals surface area (Å²) in [6.45, 7) is 9.15. The van der Waals surface area contributed by atoms with E-state index in [1.807, 2.05) is 36.3 Å².